The molecule has 3 rings (SSSR count). The van der Waals surface area contributed by atoms with E-state index in [4.69, 9.17) is 0 Å². The van der Waals surface area contributed by atoms with Gasteiger partial charge in [-0.3, -0.25) is 0 Å². The second kappa shape index (κ2) is 4.67. The van der Waals surface area contributed by atoms with E-state index in [0.29, 0.717) is 0 Å². The van der Waals surface area contributed by atoms with Gasteiger partial charge in [0.25, 0.3) is 0 Å². The van der Waals surface area contributed by atoms with Crippen molar-refractivity contribution in [1.29, 1.82) is 0 Å². The molecule has 2 aliphatic carbocycles. The minimum absolute atomic E-state index is 0.241. The van der Waals surface area contributed by atoms with E-state index in [2.05, 4.69) is 28.9 Å². The number of aryl methyl sites for hydroxylation is 1. The lowest BCUT2D eigenvalue weighted by Crippen LogP contribution is -2.13. The van der Waals surface area contributed by atoms with E-state index in [1.54, 1.807) is 11.3 Å². The van der Waals surface area contributed by atoms with Crippen LogP contribution >= 0.6 is 27.3 Å². The summed E-state index contributed by atoms with van der Waals surface area (Å²) in [4.78, 5) is 2.41. The van der Waals surface area contributed by atoms with Crippen LogP contribution in [0.25, 0.3) is 0 Å². The largest absolute Gasteiger partial charge is 0.388 e. The van der Waals surface area contributed by atoms with E-state index in [9.17, 15) is 5.11 Å². The Hall–Kier alpha value is 0.140. The van der Waals surface area contributed by atoms with Crippen molar-refractivity contribution in [3.63, 3.8) is 0 Å². The number of fused-ring (bicyclic) bond motifs is 2. The van der Waals surface area contributed by atoms with Gasteiger partial charge in [-0.2, -0.15) is 0 Å². The molecule has 0 spiro atoms. The first kappa shape index (κ1) is 12.2. The summed E-state index contributed by atoms with van der Waals surface area (Å²) in [5.74, 6) is 2.68. The van der Waals surface area contributed by atoms with E-state index in [1.807, 2.05) is 0 Å². The van der Waals surface area contributed by atoms with Crippen molar-refractivity contribution in [1.82, 2.24) is 0 Å². The van der Waals surface area contributed by atoms with Crippen molar-refractivity contribution >= 4 is 27.3 Å². The Labute approximate surface area is 115 Å². The van der Waals surface area contributed by atoms with E-state index < -0.39 is 0 Å². The normalized spacial score (nSPS) is 33.2. The molecule has 1 nitrogen and oxygen atoms in total. The van der Waals surface area contributed by atoms with Crippen LogP contribution < -0.4 is 0 Å². The smallest absolute Gasteiger partial charge is 0.0885 e. The van der Waals surface area contributed by atoms with Crippen molar-refractivity contribution in [3.05, 3.63) is 20.3 Å². The average Bonchev–Trinajstić information content (AvgIpc) is 2.95. The molecule has 4 unspecified atom stereocenters. The van der Waals surface area contributed by atoms with Gasteiger partial charge in [-0.25, -0.2) is 0 Å². The highest BCUT2D eigenvalue weighted by Crippen LogP contribution is 2.51. The van der Waals surface area contributed by atoms with Gasteiger partial charge in [0.1, 0.15) is 0 Å². The third kappa shape index (κ3) is 2.34. The SMILES string of the molecule is Cc1sc(C(O)CC2CC3CCC2C3)cc1Br. The zero-order chi connectivity index (χ0) is 12.0. The third-order valence-corrected chi connectivity index (χ3v) is 6.85. The molecule has 0 aromatic carbocycles. The maximum absolute atomic E-state index is 10.3. The van der Waals surface area contributed by atoms with Crippen LogP contribution in [0.4, 0.5) is 0 Å². The Balaban J connectivity index is 1.65. The summed E-state index contributed by atoms with van der Waals surface area (Å²) in [5, 5.41) is 10.3. The fourth-order valence-corrected chi connectivity index (χ4v) is 5.27. The number of hydrogen-bond acceptors (Lipinski definition) is 2. The Bertz CT molecular complexity index is 395. The molecule has 2 saturated carbocycles. The topological polar surface area (TPSA) is 20.2 Å². The van der Waals surface area contributed by atoms with Gasteiger partial charge >= 0.3 is 0 Å². The second-order valence-electron chi connectivity index (χ2n) is 5.74. The number of thiophene rings is 1. The molecule has 0 amide bonds. The second-order valence-corrected chi connectivity index (χ2v) is 7.88. The van der Waals surface area contributed by atoms with Crippen LogP contribution in [-0.2, 0) is 0 Å². The molecule has 0 radical (unpaired) electrons. The maximum atomic E-state index is 10.3. The Morgan fingerprint density at radius 2 is 2.29 bits per heavy atom. The van der Waals surface area contributed by atoms with E-state index in [0.717, 1.165) is 33.5 Å². The first-order valence-electron chi connectivity index (χ1n) is 6.57. The molecule has 17 heavy (non-hydrogen) atoms. The van der Waals surface area contributed by atoms with Crippen molar-refractivity contribution in [2.24, 2.45) is 17.8 Å². The molecule has 1 heterocycles. The summed E-state index contributed by atoms with van der Waals surface area (Å²) in [7, 11) is 0. The molecule has 1 N–H and O–H groups in total. The molecule has 2 bridgehead atoms. The summed E-state index contributed by atoms with van der Waals surface area (Å²) in [5.41, 5.74) is 0. The number of aliphatic hydroxyl groups excluding tert-OH is 1. The van der Waals surface area contributed by atoms with Crippen LogP contribution in [-0.4, -0.2) is 5.11 Å². The standard InChI is InChI=1S/C14H19BrOS/c1-8-12(15)7-14(17-8)13(16)6-11-5-9-2-3-10(11)4-9/h7,9-11,13,16H,2-6H2,1H3. The predicted octanol–water partition coefficient (Wildman–Crippen LogP) is 4.68. The Morgan fingerprint density at radius 3 is 2.82 bits per heavy atom. The highest BCUT2D eigenvalue weighted by atomic mass is 79.9. The van der Waals surface area contributed by atoms with Crippen molar-refractivity contribution in [2.75, 3.05) is 0 Å². The molecule has 2 aliphatic rings. The predicted molar refractivity (Wildman–Crippen MR) is 75.3 cm³/mol. The van der Waals surface area contributed by atoms with Crippen LogP contribution in [0.1, 0.15) is 48.0 Å². The molecule has 1 aromatic heterocycles. The van der Waals surface area contributed by atoms with Crippen molar-refractivity contribution < 1.29 is 5.11 Å². The minimum atomic E-state index is -0.241. The Kier molecular flexibility index (Phi) is 3.35. The van der Waals surface area contributed by atoms with Crippen LogP contribution in [0.2, 0.25) is 0 Å². The Morgan fingerprint density at radius 1 is 1.47 bits per heavy atom. The summed E-state index contributed by atoms with van der Waals surface area (Å²) >= 11 is 5.26. The first-order chi connectivity index (χ1) is 8.13. The third-order valence-electron chi connectivity index (χ3n) is 4.62. The fourth-order valence-electron chi connectivity index (χ4n) is 3.71. The number of rotatable bonds is 3. The zero-order valence-electron chi connectivity index (χ0n) is 10.2. The van der Waals surface area contributed by atoms with Crippen LogP contribution in [0.15, 0.2) is 10.5 Å². The average molecular weight is 315 g/mol. The summed E-state index contributed by atoms with van der Waals surface area (Å²) in [6.07, 6.45) is 6.40. The lowest BCUT2D eigenvalue weighted by atomic mass is 9.84. The van der Waals surface area contributed by atoms with E-state index in [-0.39, 0.29) is 6.10 Å². The molecule has 0 saturated heterocycles. The highest BCUT2D eigenvalue weighted by molar-refractivity contribution is 9.10. The lowest BCUT2D eigenvalue weighted by molar-refractivity contribution is 0.128. The molecule has 4 atom stereocenters. The van der Waals surface area contributed by atoms with Gasteiger partial charge in [0.15, 0.2) is 0 Å². The van der Waals surface area contributed by atoms with Gasteiger partial charge in [-0.15, -0.1) is 11.3 Å². The van der Waals surface area contributed by atoms with E-state index >= 15 is 0 Å². The summed E-state index contributed by atoms with van der Waals surface area (Å²) in [6, 6.07) is 2.10. The molecule has 0 aliphatic heterocycles. The van der Waals surface area contributed by atoms with Gasteiger partial charge in [0, 0.05) is 14.2 Å². The monoisotopic (exact) mass is 314 g/mol. The number of halogens is 1. The van der Waals surface area contributed by atoms with Crippen molar-refractivity contribution in [2.45, 2.75) is 45.1 Å². The molecule has 2 fully saturated rings. The minimum Gasteiger partial charge on any atom is -0.388 e. The zero-order valence-corrected chi connectivity index (χ0v) is 12.6. The maximum Gasteiger partial charge on any atom is 0.0885 e. The van der Waals surface area contributed by atoms with Crippen LogP contribution in [0, 0.1) is 24.7 Å². The fraction of sp³-hybridized carbons (Fsp3) is 0.714. The highest BCUT2D eigenvalue weighted by Gasteiger charge is 2.40. The van der Waals surface area contributed by atoms with Gasteiger partial charge in [-0.05, 0) is 72.4 Å². The van der Waals surface area contributed by atoms with Gasteiger partial charge in [-0.1, -0.05) is 6.42 Å². The van der Waals surface area contributed by atoms with Crippen molar-refractivity contribution in [3.8, 4) is 0 Å². The lowest BCUT2D eigenvalue weighted by Gasteiger charge is -2.23. The number of hydrogen-bond donors (Lipinski definition) is 1. The molecular weight excluding hydrogens is 296 g/mol. The van der Waals surface area contributed by atoms with Crippen LogP contribution in [0.5, 0.6) is 0 Å². The van der Waals surface area contributed by atoms with Gasteiger partial charge in [0.2, 0.25) is 0 Å². The quantitative estimate of drug-likeness (QED) is 0.859. The molecular formula is C14H19BrOS. The van der Waals surface area contributed by atoms with E-state index in [1.165, 1.54) is 30.6 Å². The van der Waals surface area contributed by atoms with Crippen LogP contribution in [0.3, 0.4) is 0 Å². The van der Waals surface area contributed by atoms with Gasteiger partial charge < -0.3 is 5.11 Å². The number of aliphatic hydroxyl groups is 1. The summed E-state index contributed by atoms with van der Waals surface area (Å²) < 4.78 is 1.14. The summed E-state index contributed by atoms with van der Waals surface area (Å²) in [6.45, 7) is 2.10. The molecule has 1 aromatic rings. The first-order valence-corrected chi connectivity index (χ1v) is 8.18. The van der Waals surface area contributed by atoms with Gasteiger partial charge in [0.05, 0.1) is 6.10 Å². The molecule has 3 heteroatoms. The molecule has 94 valence electrons.